The second kappa shape index (κ2) is 5.77. The van der Waals surface area contributed by atoms with Gasteiger partial charge in [-0.2, -0.15) is 0 Å². The zero-order valence-corrected chi connectivity index (χ0v) is 16.0. The zero-order chi connectivity index (χ0) is 17.1. The fourth-order valence-electron chi connectivity index (χ4n) is 6.75. The molecule has 0 aromatic carbocycles. The first kappa shape index (κ1) is 17.0. The molecule has 4 aliphatic rings. The van der Waals surface area contributed by atoms with Gasteiger partial charge in [0.15, 0.2) is 11.6 Å². The number of carbonyl (C=O) groups is 2. The molecule has 0 unspecified atom stereocenters. The van der Waals surface area contributed by atoms with Crippen LogP contribution in [0.2, 0.25) is 0 Å². The van der Waals surface area contributed by atoms with Crippen molar-refractivity contribution >= 4 is 27.5 Å². The topological polar surface area (TPSA) is 54.4 Å². The molecule has 4 heteroatoms. The summed E-state index contributed by atoms with van der Waals surface area (Å²) < 4.78 is 0.110. The molecule has 0 amide bonds. The van der Waals surface area contributed by atoms with Gasteiger partial charge in [-0.15, -0.1) is 0 Å². The van der Waals surface area contributed by atoms with Crippen molar-refractivity contribution in [1.82, 2.24) is 0 Å². The van der Waals surface area contributed by atoms with E-state index < -0.39 is 0 Å². The number of allylic oxidation sites excluding steroid dienone is 1. The number of aliphatic hydroxyl groups is 1. The molecular formula is C20H27BrO3. The van der Waals surface area contributed by atoms with Gasteiger partial charge in [-0.1, -0.05) is 28.4 Å². The number of alkyl halides is 1. The number of rotatable bonds is 2. The van der Waals surface area contributed by atoms with Gasteiger partial charge >= 0.3 is 0 Å². The van der Waals surface area contributed by atoms with E-state index in [0.29, 0.717) is 30.0 Å². The van der Waals surface area contributed by atoms with Crippen molar-refractivity contribution in [1.29, 1.82) is 0 Å². The summed E-state index contributed by atoms with van der Waals surface area (Å²) in [5.74, 6) is 2.02. The molecule has 4 rings (SSSR count). The molecule has 0 aromatic rings. The summed E-state index contributed by atoms with van der Waals surface area (Å²) in [5, 5.41) is 9.36. The molecule has 0 aliphatic heterocycles. The molecule has 0 radical (unpaired) electrons. The van der Waals surface area contributed by atoms with Crippen molar-refractivity contribution < 1.29 is 14.7 Å². The van der Waals surface area contributed by atoms with Gasteiger partial charge in [-0.3, -0.25) is 9.59 Å². The Labute approximate surface area is 152 Å². The largest absolute Gasteiger partial charge is 0.389 e. The number of carbonyl (C=O) groups excluding carboxylic acids is 2. The molecule has 4 aliphatic carbocycles. The summed E-state index contributed by atoms with van der Waals surface area (Å²) in [4.78, 5) is 24.1. The Bertz CT molecular complexity index is 612. The van der Waals surface area contributed by atoms with Gasteiger partial charge in [0.1, 0.15) is 6.61 Å². The number of aliphatic hydroxyl groups excluding tert-OH is 1. The van der Waals surface area contributed by atoms with E-state index in [1.807, 2.05) is 6.08 Å². The second-order valence-electron chi connectivity index (χ2n) is 8.72. The highest BCUT2D eigenvalue weighted by atomic mass is 79.9. The molecule has 6 atom stereocenters. The summed E-state index contributed by atoms with van der Waals surface area (Å²) in [6, 6.07) is 0. The molecule has 3 nitrogen and oxygen atoms in total. The summed E-state index contributed by atoms with van der Waals surface area (Å²) in [6.45, 7) is 1.99. The Hall–Kier alpha value is -0.480. The minimum absolute atomic E-state index is 0.0365. The van der Waals surface area contributed by atoms with Gasteiger partial charge in [0.05, 0.1) is 0 Å². The third kappa shape index (κ3) is 2.25. The maximum Gasteiger partial charge on any atom is 0.161 e. The molecule has 0 saturated heterocycles. The van der Waals surface area contributed by atoms with E-state index in [9.17, 15) is 14.7 Å². The van der Waals surface area contributed by atoms with Crippen LogP contribution in [-0.2, 0) is 9.59 Å². The monoisotopic (exact) mass is 394 g/mol. The first-order valence-electron chi connectivity index (χ1n) is 9.46. The van der Waals surface area contributed by atoms with E-state index in [1.165, 1.54) is 5.57 Å². The number of Topliss-reactive ketones (excluding diaryl/α,β-unsaturated/α-hetero) is 1. The van der Waals surface area contributed by atoms with E-state index in [4.69, 9.17) is 0 Å². The lowest BCUT2D eigenvalue weighted by molar-refractivity contribution is -0.131. The van der Waals surface area contributed by atoms with E-state index in [1.54, 1.807) is 0 Å². The van der Waals surface area contributed by atoms with Crippen LogP contribution in [0.4, 0.5) is 0 Å². The third-order valence-corrected chi connectivity index (χ3v) is 9.44. The van der Waals surface area contributed by atoms with E-state index in [2.05, 4.69) is 22.9 Å². The molecule has 0 spiro atoms. The fourth-order valence-corrected chi connectivity index (χ4v) is 8.02. The fraction of sp³-hybridized carbons (Fsp3) is 0.800. The molecule has 3 fully saturated rings. The average molecular weight is 395 g/mol. The Balaban J connectivity index is 1.66. The third-order valence-electron chi connectivity index (χ3n) is 7.90. The van der Waals surface area contributed by atoms with Crippen LogP contribution in [0.1, 0.15) is 58.3 Å². The van der Waals surface area contributed by atoms with Crippen LogP contribution in [0.3, 0.4) is 0 Å². The summed E-state index contributed by atoms with van der Waals surface area (Å²) in [7, 11) is 0. The van der Waals surface area contributed by atoms with Crippen LogP contribution in [0.25, 0.3) is 0 Å². The highest BCUT2D eigenvalue weighted by molar-refractivity contribution is 9.10. The van der Waals surface area contributed by atoms with Crippen LogP contribution < -0.4 is 0 Å². The number of halogens is 1. The predicted molar refractivity (Wildman–Crippen MR) is 95.8 cm³/mol. The predicted octanol–water partition coefficient (Wildman–Crippen LogP) is 3.82. The van der Waals surface area contributed by atoms with Gasteiger partial charge in [-0.25, -0.2) is 0 Å². The van der Waals surface area contributed by atoms with E-state index >= 15 is 0 Å². The molecule has 132 valence electrons. The lowest BCUT2D eigenvalue weighted by atomic mass is 9.51. The van der Waals surface area contributed by atoms with Gasteiger partial charge in [0.25, 0.3) is 0 Å². The molecule has 1 N–H and O–H groups in total. The SMILES string of the molecule is C[C@]12CC[C@]3(Br)[C@H]4CCC(=O)C=C4CC[C@H]3[C@@H]1CC[C@@H]2C(=O)CO. The molecular weight excluding hydrogens is 368 g/mol. The lowest BCUT2D eigenvalue weighted by Gasteiger charge is -2.58. The highest BCUT2D eigenvalue weighted by Gasteiger charge is 2.62. The van der Waals surface area contributed by atoms with Crippen LogP contribution in [0.15, 0.2) is 11.6 Å². The van der Waals surface area contributed by atoms with Crippen molar-refractivity contribution in [3.05, 3.63) is 11.6 Å². The van der Waals surface area contributed by atoms with Crippen molar-refractivity contribution in [2.45, 2.75) is 62.6 Å². The van der Waals surface area contributed by atoms with Crippen LogP contribution in [0, 0.1) is 29.1 Å². The van der Waals surface area contributed by atoms with Crippen molar-refractivity contribution in [3.8, 4) is 0 Å². The number of ketones is 2. The van der Waals surface area contributed by atoms with Crippen LogP contribution >= 0.6 is 15.9 Å². The number of fused-ring (bicyclic) bond motifs is 5. The van der Waals surface area contributed by atoms with Gasteiger partial charge in [0.2, 0.25) is 0 Å². The van der Waals surface area contributed by atoms with E-state index in [-0.39, 0.29) is 28.0 Å². The van der Waals surface area contributed by atoms with Gasteiger partial charge in [-0.05, 0) is 74.2 Å². The smallest absolute Gasteiger partial charge is 0.161 e. The Morgan fingerprint density at radius 3 is 2.75 bits per heavy atom. The van der Waals surface area contributed by atoms with Crippen LogP contribution in [-0.4, -0.2) is 27.6 Å². The van der Waals surface area contributed by atoms with Gasteiger partial charge in [0, 0.05) is 16.7 Å². The van der Waals surface area contributed by atoms with Crippen LogP contribution in [0.5, 0.6) is 0 Å². The molecule has 3 saturated carbocycles. The summed E-state index contributed by atoms with van der Waals surface area (Å²) in [6.07, 6.45) is 9.93. The number of hydrogen-bond acceptors (Lipinski definition) is 3. The van der Waals surface area contributed by atoms with E-state index in [0.717, 1.165) is 44.9 Å². The summed E-state index contributed by atoms with van der Waals surface area (Å²) >= 11 is 4.18. The molecule has 24 heavy (non-hydrogen) atoms. The first-order chi connectivity index (χ1) is 11.4. The normalized spacial score (nSPS) is 47.5. The van der Waals surface area contributed by atoms with Crippen molar-refractivity contribution in [2.75, 3.05) is 6.61 Å². The first-order valence-corrected chi connectivity index (χ1v) is 10.2. The quantitative estimate of drug-likeness (QED) is 0.724. The van der Waals surface area contributed by atoms with Crippen molar-refractivity contribution in [3.63, 3.8) is 0 Å². The maximum atomic E-state index is 12.3. The number of hydrogen-bond donors (Lipinski definition) is 1. The average Bonchev–Trinajstić information content (AvgIpc) is 2.91. The minimum Gasteiger partial charge on any atom is -0.389 e. The highest BCUT2D eigenvalue weighted by Crippen LogP contribution is 2.67. The molecule has 0 heterocycles. The minimum atomic E-state index is -0.311. The molecule has 0 aromatic heterocycles. The Morgan fingerprint density at radius 2 is 2.00 bits per heavy atom. The summed E-state index contributed by atoms with van der Waals surface area (Å²) in [5.41, 5.74) is 1.41. The standard InChI is InChI=1S/C20H27BrO3/c1-19-8-9-20(21)14-5-3-13(23)10-12(14)2-4-16(20)15(19)6-7-17(19)18(24)11-22/h10,14-17,22H,2-9,11H2,1H3/t14-,15-,16-,17+,19-,20-/m0/s1. The zero-order valence-electron chi connectivity index (χ0n) is 14.4. The Morgan fingerprint density at radius 1 is 1.21 bits per heavy atom. The lowest BCUT2D eigenvalue weighted by Crippen LogP contribution is -2.55. The van der Waals surface area contributed by atoms with Crippen molar-refractivity contribution in [2.24, 2.45) is 29.1 Å². The maximum absolute atomic E-state index is 12.3. The molecule has 0 bridgehead atoms. The van der Waals surface area contributed by atoms with Gasteiger partial charge < -0.3 is 5.11 Å². The second-order valence-corrected chi connectivity index (χ2v) is 10.2. The Kier molecular flexibility index (Phi) is 4.08.